The smallest absolute Gasteiger partial charge is 0.247 e. The van der Waals surface area contributed by atoms with Crippen LogP contribution < -0.4 is 14.8 Å². The van der Waals surface area contributed by atoms with Crippen LogP contribution in [0.5, 0.6) is 11.6 Å². The Kier molecular flexibility index (Phi) is 4.93. The molecule has 4 rings (SSSR count). The van der Waals surface area contributed by atoms with Crippen LogP contribution in [0.1, 0.15) is 5.56 Å². The van der Waals surface area contributed by atoms with Crippen LogP contribution in [0.2, 0.25) is 0 Å². The van der Waals surface area contributed by atoms with E-state index in [-0.39, 0.29) is 6.23 Å². The number of nitrogens with one attached hydrogen (secondary N) is 1. The van der Waals surface area contributed by atoms with Crippen LogP contribution in [0.25, 0.3) is 17.3 Å². The zero-order valence-electron chi connectivity index (χ0n) is 14.9. The minimum atomic E-state index is -0.388. The van der Waals surface area contributed by atoms with Gasteiger partial charge in [-0.15, -0.1) is 10.2 Å². The molecule has 0 fully saturated rings. The Morgan fingerprint density at radius 3 is 2.70 bits per heavy atom. The molecule has 0 spiro atoms. The highest BCUT2D eigenvalue weighted by molar-refractivity contribution is 7.98. The van der Waals surface area contributed by atoms with Crippen LogP contribution >= 0.6 is 11.8 Å². The van der Waals surface area contributed by atoms with E-state index in [4.69, 9.17) is 9.47 Å². The van der Waals surface area contributed by atoms with Gasteiger partial charge in [0.1, 0.15) is 5.75 Å². The molecule has 7 heteroatoms. The monoisotopic (exact) mass is 378 g/mol. The third-order valence-corrected chi connectivity index (χ3v) is 4.65. The number of nitrogens with zero attached hydrogens (tertiary/aromatic N) is 3. The molecular formula is C20H18N4O2S. The third kappa shape index (κ3) is 3.73. The number of fused-ring (bicyclic) bond motifs is 3. The summed E-state index contributed by atoms with van der Waals surface area (Å²) in [7, 11) is 1.65. The van der Waals surface area contributed by atoms with E-state index in [1.165, 1.54) is 11.8 Å². The lowest BCUT2D eigenvalue weighted by Crippen LogP contribution is -2.23. The van der Waals surface area contributed by atoms with Crippen molar-refractivity contribution in [1.29, 1.82) is 0 Å². The van der Waals surface area contributed by atoms with Gasteiger partial charge in [-0.25, -0.2) is 0 Å². The van der Waals surface area contributed by atoms with Gasteiger partial charge in [-0.1, -0.05) is 48.2 Å². The minimum Gasteiger partial charge on any atom is -0.497 e. The molecule has 0 radical (unpaired) electrons. The van der Waals surface area contributed by atoms with Crippen molar-refractivity contribution in [3.05, 3.63) is 60.2 Å². The van der Waals surface area contributed by atoms with E-state index >= 15 is 0 Å². The Balaban J connectivity index is 1.67. The van der Waals surface area contributed by atoms with E-state index in [1.54, 1.807) is 7.11 Å². The first kappa shape index (κ1) is 17.4. The molecule has 0 amide bonds. The molecule has 2 heterocycles. The van der Waals surface area contributed by atoms with Gasteiger partial charge in [-0.05, 0) is 36.1 Å². The van der Waals surface area contributed by atoms with Crippen LogP contribution in [-0.4, -0.2) is 34.8 Å². The molecule has 1 aromatic heterocycles. The lowest BCUT2D eigenvalue weighted by atomic mass is 10.1. The first-order chi connectivity index (χ1) is 13.3. The number of hydrogen-bond acceptors (Lipinski definition) is 7. The summed E-state index contributed by atoms with van der Waals surface area (Å²) in [6, 6.07) is 15.7. The van der Waals surface area contributed by atoms with Crippen molar-refractivity contribution in [2.24, 2.45) is 0 Å². The van der Waals surface area contributed by atoms with Gasteiger partial charge in [0.25, 0.3) is 0 Å². The predicted molar refractivity (Wildman–Crippen MR) is 107 cm³/mol. The van der Waals surface area contributed by atoms with Crippen molar-refractivity contribution in [3.8, 4) is 22.9 Å². The van der Waals surface area contributed by atoms with Gasteiger partial charge >= 0.3 is 0 Å². The first-order valence-corrected chi connectivity index (χ1v) is 9.63. The lowest BCUT2D eigenvalue weighted by molar-refractivity contribution is 0.266. The quantitative estimate of drug-likeness (QED) is 0.685. The van der Waals surface area contributed by atoms with Crippen LogP contribution in [0, 0.1) is 0 Å². The van der Waals surface area contributed by atoms with Gasteiger partial charge in [0, 0.05) is 11.3 Å². The second-order valence-electron chi connectivity index (χ2n) is 5.81. The van der Waals surface area contributed by atoms with Crippen molar-refractivity contribution < 1.29 is 9.47 Å². The summed E-state index contributed by atoms with van der Waals surface area (Å²) < 4.78 is 11.3. The normalized spacial score (nSPS) is 15.3. The van der Waals surface area contributed by atoms with E-state index in [2.05, 4.69) is 20.5 Å². The molecule has 136 valence electrons. The summed E-state index contributed by atoms with van der Waals surface area (Å²) in [4.78, 5) is 4.50. The SMILES string of the molecule is COc1ccc(C=C[C@@H]2Nc3ccccc3-c3nnc(SC)nc3O2)cc1. The van der Waals surface area contributed by atoms with Crippen LogP contribution in [0.4, 0.5) is 5.69 Å². The number of hydrogen-bond donors (Lipinski definition) is 1. The Morgan fingerprint density at radius 2 is 1.93 bits per heavy atom. The topological polar surface area (TPSA) is 69.2 Å². The van der Waals surface area contributed by atoms with E-state index in [0.717, 1.165) is 22.6 Å². The summed E-state index contributed by atoms with van der Waals surface area (Å²) in [5, 5.41) is 12.4. The van der Waals surface area contributed by atoms with Gasteiger partial charge in [0.15, 0.2) is 11.9 Å². The second kappa shape index (κ2) is 7.67. The average molecular weight is 378 g/mol. The Bertz CT molecular complexity index is 976. The highest BCUT2D eigenvalue weighted by Gasteiger charge is 2.23. The van der Waals surface area contributed by atoms with Gasteiger partial charge in [-0.2, -0.15) is 4.98 Å². The zero-order valence-corrected chi connectivity index (χ0v) is 15.7. The van der Waals surface area contributed by atoms with Crippen molar-refractivity contribution in [3.63, 3.8) is 0 Å². The molecule has 1 aliphatic rings. The van der Waals surface area contributed by atoms with Crippen LogP contribution in [0.15, 0.2) is 59.8 Å². The van der Waals surface area contributed by atoms with Crippen molar-refractivity contribution >= 4 is 23.5 Å². The summed E-state index contributed by atoms with van der Waals surface area (Å²) in [5.41, 5.74) is 3.52. The maximum Gasteiger partial charge on any atom is 0.247 e. The largest absolute Gasteiger partial charge is 0.497 e. The maximum absolute atomic E-state index is 6.10. The molecular weight excluding hydrogens is 360 g/mol. The average Bonchev–Trinajstić information content (AvgIpc) is 2.88. The number of benzene rings is 2. The van der Waals surface area contributed by atoms with E-state index in [0.29, 0.717) is 16.7 Å². The summed E-state index contributed by atoms with van der Waals surface area (Å²) in [6.07, 6.45) is 5.47. The molecule has 1 atom stereocenters. The molecule has 0 bridgehead atoms. The fraction of sp³-hybridized carbons (Fsp3) is 0.150. The Morgan fingerprint density at radius 1 is 1.11 bits per heavy atom. The van der Waals surface area contributed by atoms with Gasteiger partial charge in [0.05, 0.1) is 7.11 Å². The fourth-order valence-corrected chi connectivity index (χ4v) is 3.05. The Hall–Kier alpha value is -3.06. The van der Waals surface area contributed by atoms with Crippen molar-refractivity contribution in [2.45, 2.75) is 11.4 Å². The first-order valence-electron chi connectivity index (χ1n) is 8.40. The third-order valence-electron chi connectivity index (χ3n) is 4.12. The molecule has 0 saturated heterocycles. The lowest BCUT2D eigenvalue weighted by Gasteiger charge is -2.15. The molecule has 0 aliphatic carbocycles. The number of aromatic nitrogens is 3. The highest BCUT2D eigenvalue weighted by atomic mass is 32.2. The Labute approximate surface area is 161 Å². The molecule has 1 aliphatic heterocycles. The van der Waals surface area contributed by atoms with Gasteiger partial charge < -0.3 is 14.8 Å². The number of ether oxygens (including phenoxy) is 2. The molecule has 0 unspecified atom stereocenters. The van der Waals surface area contributed by atoms with Gasteiger partial charge in [-0.3, -0.25) is 0 Å². The standard InChI is InChI=1S/C20H18N4O2S/c1-25-14-10-7-13(8-11-14)9-12-17-21-16-6-4-3-5-15(16)18-19(26-17)22-20(27-2)24-23-18/h3-12,17,21H,1-2H3/t17-/m1/s1. The summed E-state index contributed by atoms with van der Waals surface area (Å²) >= 11 is 1.43. The predicted octanol–water partition coefficient (Wildman–Crippen LogP) is 4.11. The number of para-hydroxylation sites is 1. The molecule has 6 nitrogen and oxygen atoms in total. The fourth-order valence-electron chi connectivity index (χ4n) is 2.75. The second-order valence-corrected chi connectivity index (χ2v) is 6.59. The van der Waals surface area contributed by atoms with E-state index in [1.807, 2.05) is 66.9 Å². The molecule has 3 aromatic rings. The summed E-state index contributed by atoms with van der Waals surface area (Å²) in [5.74, 6) is 1.29. The number of thioether (sulfide) groups is 1. The number of anilines is 1. The molecule has 27 heavy (non-hydrogen) atoms. The zero-order chi connectivity index (χ0) is 18.6. The maximum atomic E-state index is 6.10. The van der Waals surface area contributed by atoms with Gasteiger partial charge in [0.2, 0.25) is 11.0 Å². The van der Waals surface area contributed by atoms with Crippen LogP contribution in [0.3, 0.4) is 0 Å². The molecule has 2 aromatic carbocycles. The molecule has 1 N–H and O–H groups in total. The number of methoxy groups -OCH3 is 1. The number of rotatable bonds is 4. The minimum absolute atomic E-state index is 0.388. The van der Waals surface area contributed by atoms with Crippen molar-refractivity contribution in [1.82, 2.24) is 15.2 Å². The van der Waals surface area contributed by atoms with E-state index < -0.39 is 0 Å². The van der Waals surface area contributed by atoms with E-state index in [9.17, 15) is 0 Å². The molecule has 0 saturated carbocycles. The summed E-state index contributed by atoms with van der Waals surface area (Å²) in [6.45, 7) is 0. The van der Waals surface area contributed by atoms with Crippen molar-refractivity contribution in [2.75, 3.05) is 18.7 Å². The van der Waals surface area contributed by atoms with Crippen LogP contribution in [-0.2, 0) is 0 Å². The highest BCUT2D eigenvalue weighted by Crippen LogP contribution is 2.36.